The fourth-order valence-electron chi connectivity index (χ4n) is 2.09. The molecule has 2 N–H and O–H groups in total. The van der Waals surface area contributed by atoms with Gasteiger partial charge in [0.2, 0.25) is 10.0 Å². The van der Waals surface area contributed by atoms with Crippen molar-refractivity contribution in [2.45, 2.75) is 36.8 Å². The van der Waals surface area contributed by atoms with E-state index in [1.807, 2.05) is 0 Å². The summed E-state index contributed by atoms with van der Waals surface area (Å²) in [6, 6.07) is 4.31. The third kappa shape index (κ3) is 5.04. The maximum Gasteiger partial charge on any atom is 0.350 e. The third-order valence-corrected chi connectivity index (χ3v) is 6.44. The zero-order valence-electron chi connectivity index (χ0n) is 14.1. The van der Waals surface area contributed by atoms with E-state index in [1.54, 1.807) is 6.07 Å². The fraction of sp³-hybridized carbons (Fsp3) is 0.312. The second-order valence-electron chi connectivity index (χ2n) is 5.91. The molecule has 0 aromatic carbocycles. The second kappa shape index (κ2) is 7.93. The van der Waals surface area contributed by atoms with Crippen LogP contribution in [0.15, 0.2) is 34.7 Å². The Morgan fingerprint density at radius 2 is 2.07 bits per heavy atom. The lowest BCUT2D eigenvalue weighted by Gasteiger charge is -2.13. The number of thiophene rings is 1. The summed E-state index contributed by atoms with van der Waals surface area (Å²) in [6.07, 6.45) is 1.77. The SMILES string of the molecule is C[C@@H](OC(=O)c1sccc1S(=O)(=O)NC1CC1)C(=O)Nc1ccc(Cl)cn1. The van der Waals surface area contributed by atoms with Crippen LogP contribution in [0.25, 0.3) is 0 Å². The summed E-state index contributed by atoms with van der Waals surface area (Å²) >= 11 is 6.66. The molecule has 144 valence electrons. The molecule has 2 aromatic heterocycles. The Morgan fingerprint density at radius 3 is 2.70 bits per heavy atom. The van der Waals surface area contributed by atoms with Crippen LogP contribution in [0, 0.1) is 0 Å². The van der Waals surface area contributed by atoms with Crippen LogP contribution in [0.3, 0.4) is 0 Å². The van der Waals surface area contributed by atoms with E-state index in [-0.39, 0.29) is 21.6 Å². The highest BCUT2D eigenvalue weighted by atomic mass is 35.5. The lowest BCUT2D eigenvalue weighted by Crippen LogP contribution is -2.31. The quantitative estimate of drug-likeness (QED) is 0.653. The van der Waals surface area contributed by atoms with E-state index in [0.717, 1.165) is 24.2 Å². The van der Waals surface area contributed by atoms with Gasteiger partial charge in [0.1, 0.15) is 15.6 Å². The van der Waals surface area contributed by atoms with Gasteiger partial charge in [0.05, 0.1) is 5.02 Å². The molecule has 0 aliphatic heterocycles. The van der Waals surface area contributed by atoms with Crippen molar-refractivity contribution in [2.24, 2.45) is 0 Å². The highest BCUT2D eigenvalue weighted by Gasteiger charge is 2.32. The topological polar surface area (TPSA) is 114 Å². The molecule has 1 saturated carbocycles. The van der Waals surface area contributed by atoms with Crippen LogP contribution in [0.5, 0.6) is 0 Å². The first kappa shape index (κ1) is 19.7. The largest absolute Gasteiger partial charge is 0.448 e. The number of ether oxygens (including phenoxy) is 1. The number of anilines is 1. The summed E-state index contributed by atoms with van der Waals surface area (Å²) in [7, 11) is -3.80. The number of hydrogen-bond acceptors (Lipinski definition) is 7. The number of aromatic nitrogens is 1. The molecule has 11 heteroatoms. The van der Waals surface area contributed by atoms with Crippen LogP contribution >= 0.6 is 22.9 Å². The lowest BCUT2D eigenvalue weighted by atomic mass is 10.3. The molecule has 3 rings (SSSR count). The minimum absolute atomic E-state index is 0.0765. The summed E-state index contributed by atoms with van der Waals surface area (Å²) in [6.45, 7) is 1.38. The van der Waals surface area contributed by atoms with Crippen molar-refractivity contribution in [2.75, 3.05) is 5.32 Å². The lowest BCUT2D eigenvalue weighted by molar-refractivity contribution is -0.123. The van der Waals surface area contributed by atoms with Crippen LogP contribution in [0.2, 0.25) is 5.02 Å². The molecule has 1 atom stereocenters. The standard InChI is InChI=1S/C16H16ClN3O5S2/c1-9(15(21)19-13-5-2-10(17)8-18-13)25-16(22)14-12(6-7-26-14)27(23,24)20-11-3-4-11/h2,5-9,11,20H,3-4H2,1H3,(H,18,19,21)/t9-/m1/s1. The van der Waals surface area contributed by atoms with Crippen LogP contribution in [-0.4, -0.2) is 37.4 Å². The second-order valence-corrected chi connectivity index (χ2v) is 8.94. The van der Waals surface area contributed by atoms with E-state index in [0.29, 0.717) is 5.02 Å². The number of esters is 1. The van der Waals surface area contributed by atoms with Crippen molar-refractivity contribution < 1.29 is 22.7 Å². The van der Waals surface area contributed by atoms with E-state index in [1.165, 1.54) is 30.6 Å². The van der Waals surface area contributed by atoms with Gasteiger partial charge in [-0.3, -0.25) is 4.79 Å². The van der Waals surface area contributed by atoms with Crippen LogP contribution in [0.1, 0.15) is 29.4 Å². The number of nitrogens with zero attached hydrogens (tertiary/aromatic N) is 1. The van der Waals surface area contributed by atoms with Gasteiger partial charge in [0.15, 0.2) is 6.10 Å². The Labute approximate surface area is 164 Å². The predicted molar refractivity (Wildman–Crippen MR) is 100 cm³/mol. The number of sulfonamides is 1. The summed E-state index contributed by atoms with van der Waals surface area (Å²) in [4.78, 5) is 28.2. The van der Waals surface area contributed by atoms with Crippen molar-refractivity contribution >= 4 is 50.7 Å². The first-order valence-electron chi connectivity index (χ1n) is 7.99. The van der Waals surface area contributed by atoms with Gasteiger partial charge in [-0.05, 0) is 43.3 Å². The van der Waals surface area contributed by atoms with E-state index in [9.17, 15) is 18.0 Å². The average molecular weight is 430 g/mol. The molecule has 0 bridgehead atoms. The molecule has 8 nitrogen and oxygen atoms in total. The molecule has 1 amide bonds. The number of carbonyl (C=O) groups excluding carboxylic acids is 2. The molecule has 2 aromatic rings. The van der Waals surface area contributed by atoms with Gasteiger partial charge in [-0.2, -0.15) is 0 Å². The van der Waals surface area contributed by atoms with Crippen molar-refractivity contribution in [3.8, 4) is 0 Å². The smallest absolute Gasteiger partial charge is 0.350 e. The molecule has 0 unspecified atom stereocenters. The normalized spacial score (nSPS) is 15.2. The number of pyridine rings is 1. The van der Waals surface area contributed by atoms with E-state index >= 15 is 0 Å². The molecule has 0 saturated heterocycles. The maximum atomic E-state index is 12.4. The Morgan fingerprint density at radius 1 is 1.33 bits per heavy atom. The number of rotatable bonds is 7. The van der Waals surface area contributed by atoms with Crippen LogP contribution in [-0.2, 0) is 19.6 Å². The first-order chi connectivity index (χ1) is 12.8. The molecule has 0 spiro atoms. The Kier molecular flexibility index (Phi) is 5.80. The van der Waals surface area contributed by atoms with Crippen molar-refractivity contribution in [1.82, 2.24) is 9.71 Å². The van der Waals surface area contributed by atoms with Crippen molar-refractivity contribution in [3.63, 3.8) is 0 Å². The van der Waals surface area contributed by atoms with Crippen LogP contribution < -0.4 is 10.0 Å². The fourth-order valence-corrected chi connectivity index (χ4v) is 4.80. The van der Waals surface area contributed by atoms with Gasteiger partial charge in [0, 0.05) is 12.2 Å². The maximum absolute atomic E-state index is 12.4. The minimum atomic E-state index is -3.80. The number of halogens is 1. The van der Waals surface area contributed by atoms with Crippen molar-refractivity contribution in [3.05, 3.63) is 39.7 Å². The average Bonchev–Trinajstić information content (AvgIpc) is 3.25. The highest BCUT2D eigenvalue weighted by Crippen LogP contribution is 2.27. The molecular weight excluding hydrogens is 414 g/mol. The van der Waals surface area contributed by atoms with E-state index in [2.05, 4.69) is 15.0 Å². The summed E-state index contributed by atoms with van der Waals surface area (Å²) < 4.78 is 32.3. The van der Waals surface area contributed by atoms with Gasteiger partial charge in [-0.25, -0.2) is 22.9 Å². The first-order valence-corrected chi connectivity index (χ1v) is 10.7. The molecule has 1 aliphatic carbocycles. The molecule has 0 radical (unpaired) electrons. The monoisotopic (exact) mass is 429 g/mol. The zero-order valence-corrected chi connectivity index (χ0v) is 16.5. The van der Waals surface area contributed by atoms with E-state index < -0.39 is 28.0 Å². The Balaban J connectivity index is 1.65. The van der Waals surface area contributed by atoms with Crippen molar-refractivity contribution in [1.29, 1.82) is 0 Å². The van der Waals surface area contributed by atoms with E-state index in [4.69, 9.17) is 16.3 Å². The number of carbonyl (C=O) groups is 2. The Hall–Kier alpha value is -2.01. The third-order valence-electron chi connectivity index (χ3n) is 3.63. The molecule has 1 fully saturated rings. The predicted octanol–water partition coefficient (Wildman–Crippen LogP) is 2.42. The molecule has 27 heavy (non-hydrogen) atoms. The zero-order chi connectivity index (χ0) is 19.6. The molecule has 1 aliphatic rings. The van der Waals surface area contributed by atoms with Gasteiger partial charge in [0.25, 0.3) is 5.91 Å². The van der Waals surface area contributed by atoms with Gasteiger partial charge < -0.3 is 10.1 Å². The van der Waals surface area contributed by atoms with Gasteiger partial charge >= 0.3 is 5.97 Å². The number of nitrogens with one attached hydrogen (secondary N) is 2. The minimum Gasteiger partial charge on any atom is -0.448 e. The molecule has 2 heterocycles. The summed E-state index contributed by atoms with van der Waals surface area (Å²) in [5.74, 6) is -1.23. The Bertz CT molecular complexity index is 955. The van der Waals surface area contributed by atoms with Gasteiger partial charge in [-0.15, -0.1) is 11.3 Å². The van der Waals surface area contributed by atoms with Gasteiger partial charge in [-0.1, -0.05) is 11.6 Å². The summed E-state index contributed by atoms with van der Waals surface area (Å²) in [5.41, 5.74) is 0. The number of hydrogen-bond donors (Lipinski definition) is 2. The number of amides is 1. The van der Waals surface area contributed by atoms with Crippen LogP contribution in [0.4, 0.5) is 5.82 Å². The molecular formula is C16H16ClN3O5S2. The highest BCUT2D eigenvalue weighted by molar-refractivity contribution is 7.89. The summed E-state index contributed by atoms with van der Waals surface area (Å²) in [5, 5.41) is 4.39.